The van der Waals surface area contributed by atoms with Crippen LogP contribution in [0.2, 0.25) is 0 Å². The van der Waals surface area contributed by atoms with Crippen LogP contribution in [0, 0.1) is 0 Å². The molecule has 0 aromatic carbocycles. The van der Waals surface area contributed by atoms with Crippen LogP contribution < -0.4 is 0 Å². The minimum Gasteiger partial charge on any atom is -0.448 e. The van der Waals surface area contributed by atoms with Crippen LogP contribution >= 0.6 is 11.3 Å². The van der Waals surface area contributed by atoms with Crippen molar-refractivity contribution in [2.75, 3.05) is 32.8 Å². The lowest BCUT2D eigenvalue weighted by Gasteiger charge is -2.33. The van der Waals surface area contributed by atoms with Gasteiger partial charge < -0.3 is 14.2 Å². The van der Waals surface area contributed by atoms with Gasteiger partial charge in [0.15, 0.2) is 0 Å². The molecule has 2 fully saturated rings. The highest BCUT2D eigenvalue weighted by Gasteiger charge is 2.31. The van der Waals surface area contributed by atoms with Crippen molar-refractivity contribution in [3.8, 4) is 0 Å². The van der Waals surface area contributed by atoms with Crippen molar-refractivity contribution < 1.29 is 14.3 Å². The van der Waals surface area contributed by atoms with E-state index in [1.165, 1.54) is 4.90 Å². The lowest BCUT2D eigenvalue weighted by molar-refractivity contribution is -0.133. The third kappa shape index (κ3) is 3.57. The summed E-state index contributed by atoms with van der Waals surface area (Å²) in [6.07, 6.45) is 5.32. The molecule has 0 saturated carbocycles. The number of likely N-dealkylation sites (tertiary alicyclic amines) is 1. The minimum atomic E-state index is -0.397. The second-order valence-electron chi connectivity index (χ2n) is 6.61. The predicted molar refractivity (Wildman–Crippen MR) is 94.9 cm³/mol. The average molecular weight is 375 g/mol. The molecule has 0 spiro atoms. The van der Waals surface area contributed by atoms with E-state index in [2.05, 4.69) is 14.5 Å². The third-order valence-corrected chi connectivity index (χ3v) is 5.51. The van der Waals surface area contributed by atoms with E-state index in [-0.39, 0.29) is 18.4 Å². The van der Waals surface area contributed by atoms with Gasteiger partial charge in [0.2, 0.25) is 5.91 Å². The zero-order valence-corrected chi connectivity index (χ0v) is 15.2. The van der Waals surface area contributed by atoms with Gasteiger partial charge in [0.05, 0.1) is 24.3 Å². The van der Waals surface area contributed by atoms with E-state index in [0.29, 0.717) is 26.2 Å². The van der Waals surface area contributed by atoms with E-state index in [9.17, 15) is 9.59 Å². The summed E-state index contributed by atoms with van der Waals surface area (Å²) < 4.78 is 7.01. The summed E-state index contributed by atoms with van der Waals surface area (Å²) in [5, 5.41) is 2.04. The summed E-state index contributed by atoms with van der Waals surface area (Å²) in [5.74, 6) is 1.18. The Balaban J connectivity index is 1.41. The zero-order valence-electron chi connectivity index (χ0n) is 14.4. The van der Waals surface area contributed by atoms with Crippen molar-refractivity contribution in [2.24, 2.45) is 0 Å². The van der Waals surface area contributed by atoms with Gasteiger partial charge in [0.25, 0.3) is 0 Å². The normalized spacial score (nSPS) is 20.5. The number of ether oxygens (including phenoxy) is 1. The van der Waals surface area contributed by atoms with Crippen molar-refractivity contribution in [2.45, 2.75) is 25.3 Å². The maximum atomic E-state index is 12.6. The quantitative estimate of drug-likeness (QED) is 0.792. The Hall–Kier alpha value is -2.42. The van der Waals surface area contributed by atoms with Gasteiger partial charge in [-0.3, -0.25) is 9.69 Å². The molecule has 0 N–H and O–H groups in total. The lowest BCUT2D eigenvalue weighted by atomic mass is 9.97. The van der Waals surface area contributed by atoms with E-state index < -0.39 is 6.09 Å². The molecule has 2 amide bonds. The van der Waals surface area contributed by atoms with E-state index in [0.717, 1.165) is 30.9 Å². The Bertz CT molecular complexity index is 775. The number of cyclic esters (lactones) is 1. The van der Waals surface area contributed by atoms with Crippen molar-refractivity contribution in [3.63, 3.8) is 0 Å². The maximum absolute atomic E-state index is 12.6. The van der Waals surface area contributed by atoms with Gasteiger partial charge >= 0.3 is 6.09 Å². The highest BCUT2D eigenvalue weighted by atomic mass is 32.1. The molecule has 0 radical (unpaired) electrons. The van der Waals surface area contributed by atoms with Crippen molar-refractivity contribution >= 4 is 23.3 Å². The van der Waals surface area contributed by atoms with Crippen molar-refractivity contribution in [3.05, 3.63) is 34.8 Å². The fourth-order valence-electron chi connectivity index (χ4n) is 3.55. The molecule has 2 aliphatic heterocycles. The molecule has 2 aromatic heterocycles. The molecular weight excluding hydrogens is 354 g/mol. The van der Waals surface area contributed by atoms with Gasteiger partial charge in [-0.2, -0.15) is 0 Å². The number of aromatic nitrogens is 3. The summed E-state index contributed by atoms with van der Waals surface area (Å²) >= 11 is 1.58. The van der Waals surface area contributed by atoms with Crippen LogP contribution in [-0.2, 0) is 16.1 Å². The average Bonchev–Trinajstić information content (AvgIpc) is 3.39. The van der Waals surface area contributed by atoms with Gasteiger partial charge in [-0.1, -0.05) is 0 Å². The van der Waals surface area contributed by atoms with Gasteiger partial charge in [-0.05, 0) is 12.8 Å². The highest BCUT2D eigenvalue weighted by Crippen LogP contribution is 2.26. The molecule has 2 aliphatic rings. The first-order chi connectivity index (χ1) is 12.7. The number of imidazole rings is 1. The van der Waals surface area contributed by atoms with E-state index in [1.54, 1.807) is 11.3 Å². The third-order valence-electron chi connectivity index (χ3n) is 4.87. The number of carbonyl (C=O) groups excluding carboxylic acids is 2. The number of hydrogen-bond donors (Lipinski definition) is 0. The van der Waals surface area contributed by atoms with Crippen LogP contribution in [0.15, 0.2) is 23.3 Å². The summed E-state index contributed by atoms with van der Waals surface area (Å²) in [4.78, 5) is 36.4. The number of nitrogens with zero attached hydrogens (tertiary/aromatic N) is 5. The standard InChI is InChI=1S/C17H21N5O3S/c23-15(10-22-6-7-25-17(22)24)20-4-1-2-13(8-20)16-18-3-5-21(16)9-14-11-26-12-19-14/h3,5,11-13H,1-2,4,6-10H2. The molecule has 0 aliphatic carbocycles. The molecule has 138 valence electrons. The minimum absolute atomic E-state index is 0.0221. The largest absolute Gasteiger partial charge is 0.448 e. The molecule has 1 atom stereocenters. The summed E-state index contributed by atoms with van der Waals surface area (Å²) in [6, 6.07) is 0. The van der Waals surface area contributed by atoms with Gasteiger partial charge in [0.1, 0.15) is 19.0 Å². The molecule has 26 heavy (non-hydrogen) atoms. The van der Waals surface area contributed by atoms with Gasteiger partial charge in [-0.15, -0.1) is 11.3 Å². The zero-order chi connectivity index (χ0) is 17.9. The van der Waals surface area contributed by atoms with Gasteiger partial charge in [-0.25, -0.2) is 14.8 Å². The molecule has 2 saturated heterocycles. The molecule has 9 heteroatoms. The molecule has 1 unspecified atom stereocenters. The number of amides is 2. The first-order valence-corrected chi connectivity index (χ1v) is 9.72. The number of rotatable bonds is 5. The SMILES string of the molecule is O=C(CN1CCOC1=O)N1CCCC(c2nccn2Cc2cscn2)C1. The monoisotopic (exact) mass is 375 g/mol. The number of thiazole rings is 1. The smallest absolute Gasteiger partial charge is 0.410 e. The maximum Gasteiger partial charge on any atom is 0.410 e. The molecule has 4 heterocycles. The van der Waals surface area contributed by atoms with Crippen molar-refractivity contribution in [1.82, 2.24) is 24.3 Å². The first-order valence-electron chi connectivity index (χ1n) is 8.78. The van der Waals surface area contributed by atoms with Crippen LogP contribution in [0.1, 0.15) is 30.3 Å². The van der Waals surface area contributed by atoms with Crippen LogP contribution in [0.25, 0.3) is 0 Å². The Labute approximate surface area is 155 Å². The van der Waals surface area contributed by atoms with Crippen LogP contribution in [-0.4, -0.2) is 69.1 Å². The second-order valence-corrected chi connectivity index (χ2v) is 7.33. The summed E-state index contributed by atoms with van der Waals surface area (Å²) in [6.45, 7) is 3.01. The molecule has 0 bridgehead atoms. The lowest BCUT2D eigenvalue weighted by Crippen LogP contribution is -2.45. The summed E-state index contributed by atoms with van der Waals surface area (Å²) in [7, 11) is 0. The Morgan fingerprint density at radius 3 is 3.04 bits per heavy atom. The Morgan fingerprint density at radius 1 is 1.35 bits per heavy atom. The molecule has 2 aromatic rings. The Morgan fingerprint density at radius 2 is 2.27 bits per heavy atom. The highest BCUT2D eigenvalue weighted by molar-refractivity contribution is 7.07. The van der Waals surface area contributed by atoms with Crippen LogP contribution in [0.4, 0.5) is 4.79 Å². The fourth-order valence-corrected chi connectivity index (χ4v) is 4.10. The number of hydrogen-bond acceptors (Lipinski definition) is 6. The van der Waals surface area contributed by atoms with E-state index in [4.69, 9.17) is 4.74 Å². The number of carbonyl (C=O) groups is 2. The van der Waals surface area contributed by atoms with Crippen molar-refractivity contribution in [1.29, 1.82) is 0 Å². The molecular formula is C17H21N5O3S. The van der Waals surface area contributed by atoms with E-state index >= 15 is 0 Å². The van der Waals surface area contributed by atoms with Crippen LogP contribution in [0.3, 0.4) is 0 Å². The first kappa shape index (κ1) is 17.0. The Kier molecular flexibility index (Phi) is 4.87. The van der Waals surface area contributed by atoms with Crippen LogP contribution in [0.5, 0.6) is 0 Å². The van der Waals surface area contributed by atoms with Gasteiger partial charge in [0, 0.05) is 36.8 Å². The molecule has 4 rings (SSSR count). The second kappa shape index (κ2) is 7.45. The summed E-state index contributed by atoms with van der Waals surface area (Å²) in [5.41, 5.74) is 2.85. The predicted octanol–water partition coefficient (Wildman–Crippen LogP) is 1.55. The topological polar surface area (TPSA) is 80.6 Å². The van der Waals surface area contributed by atoms with E-state index in [1.807, 2.05) is 28.2 Å². The number of piperidine rings is 1. The fraction of sp³-hybridized carbons (Fsp3) is 0.529. The molecule has 8 nitrogen and oxygen atoms in total.